The molecule has 0 aliphatic carbocycles. The van der Waals surface area contributed by atoms with Crippen molar-refractivity contribution in [1.29, 1.82) is 0 Å². The number of likely N-dealkylation sites (tertiary alicyclic amines) is 1. The average Bonchev–Trinajstić information content (AvgIpc) is 2.94. The van der Waals surface area contributed by atoms with Gasteiger partial charge in [-0.05, 0) is 36.3 Å². The van der Waals surface area contributed by atoms with E-state index in [1.807, 2.05) is 28.0 Å². The summed E-state index contributed by atoms with van der Waals surface area (Å²) in [6, 6.07) is 8.02. The highest BCUT2D eigenvalue weighted by atomic mass is 16.2. The van der Waals surface area contributed by atoms with Crippen LogP contribution in [0.3, 0.4) is 0 Å². The molecular formula is C20H28N2O2. The van der Waals surface area contributed by atoms with Gasteiger partial charge in [0.05, 0.1) is 5.92 Å². The lowest BCUT2D eigenvalue weighted by molar-refractivity contribution is -0.138. The van der Waals surface area contributed by atoms with Crippen molar-refractivity contribution in [1.82, 2.24) is 4.90 Å². The van der Waals surface area contributed by atoms with Gasteiger partial charge in [-0.1, -0.05) is 39.0 Å². The third kappa shape index (κ3) is 3.33. The minimum Gasteiger partial charge on any atom is -0.342 e. The Morgan fingerprint density at radius 1 is 1.12 bits per heavy atom. The van der Waals surface area contributed by atoms with E-state index in [2.05, 4.69) is 26.8 Å². The first-order valence-electron chi connectivity index (χ1n) is 9.16. The quantitative estimate of drug-likeness (QED) is 0.855. The molecular weight excluding hydrogens is 300 g/mol. The molecule has 2 amide bonds. The number of benzene rings is 1. The molecule has 4 nitrogen and oxygen atoms in total. The van der Waals surface area contributed by atoms with Crippen LogP contribution >= 0.6 is 0 Å². The number of aryl methyl sites for hydroxylation is 1. The van der Waals surface area contributed by atoms with Crippen LogP contribution < -0.4 is 4.90 Å². The standard InChI is InChI=1S/C20H28N2O2/c1-4-16-7-5-6-8-18(16)22-13-17(10-19(22)23)20(24)21-11-14(2)9-15(3)12-21/h5-8,14-15,17H,4,9-13H2,1-3H3/t14-,15-,17-/m1/s1. The summed E-state index contributed by atoms with van der Waals surface area (Å²) < 4.78 is 0. The Hall–Kier alpha value is -1.84. The number of hydrogen-bond acceptors (Lipinski definition) is 2. The normalized spacial score (nSPS) is 27.6. The van der Waals surface area contributed by atoms with Gasteiger partial charge in [0, 0.05) is 31.7 Å². The van der Waals surface area contributed by atoms with Crippen molar-refractivity contribution in [3.05, 3.63) is 29.8 Å². The summed E-state index contributed by atoms with van der Waals surface area (Å²) >= 11 is 0. The van der Waals surface area contributed by atoms with Crippen LogP contribution in [0.5, 0.6) is 0 Å². The highest BCUT2D eigenvalue weighted by Crippen LogP contribution is 2.31. The molecule has 2 heterocycles. The van der Waals surface area contributed by atoms with Crippen molar-refractivity contribution >= 4 is 17.5 Å². The summed E-state index contributed by atoms with van der Waals surface area (Å²) in [6.07, 6.45) is 2.42. The molecule has 1 aromatic rings. The van der Waals surface area contributed by atoms with E-state index in [-0.39, 0.29) is 17.7 Å². The molecule has 2 fully saturated rings. The topological polar surface area (TPSA) is 40.6 Å². The van der Waals surface area contributed by atoms with Crippen LogP contribution in [0.1, 0.15) is 39.2 Å². The molecule has 0 unspecified atom stereocenters. The summed E-state index contributed by atoms with van der Waals surface area (Å²) in [6.45, 7) is 8.70. The fourth-order valence-electron chi connectivity index (χ4n) is 4.28. The molecule has 4 heteroatoms. The first-order chi connectivity index (χ1) is 11.5. The van der Waals surface area contributed by atoms with Gasteiger partial charge in [-0.15, -0.1) is 0 Å². The van der Waals surface area contributed by atoms with Crippen molar-refractivity contribution in [2.24, 2.45) is 17.8 Å². The molecule has 0 spiro atoms. The minimum atomic E-state index is -0.195. The molecule has 0 bridgehead atoms. The molecule has 2 aliphatic rings. The lowest BCUT2D eigenvalue weighted by atomic mass is 9.91. The molecule has 24 heavy (non-hydrogen) atoms. The molecule has 2 saturated heterocycles. The maximum atomic E-state index is 12.9. The van der Waals surface area contributed by atoms with E-state index in [0.717, 1.165) is 25.2 Å². The zero-order valence-electron chi connectivity index (χ0n) is 15.0. The van der Waals surface area contributed by atoms with E-state index in [1.165, 1.54) is 12.0 Å². The molecule has 0 radical (unpaired) electrons. The fourth-order valence-corrected chi connectivity index (χ4v) is 4.28. The first kappa shape index (κ1) is 17.0. The van der Waals surface area contributed by atoms with Gasteiger partial charge < -0.3 is 9.80 Å². The van der Waals surface area contributed by atoms with Gasteiger partial charge in [0.1, 0.15) is 0 Å². The maximum Gasteiger partial charge on any atom is 0.228 e. The smallest absolute Gasteiger partial charge is 0.228 e. The summed E-state index contributed by atoms with van der Waals surface area (Å²) in [5, 5.41) is 0. The van der Waals surface area contributed by atoms with E-state index < -0.39 is 0 Å². The molecule has 2 aliphatic heterocycles. The number of carbonyl (C=O) groups is 2. The lowest BCUT2D eigenvalue weighted by Gasteiger charge is -2.36. The van der Waals surface area contributed by atoms with E-state index in [1.54, 1.807) is 0 Å². The molecule has 0 saturated carbocycles. The largest absolute Gasteiger partial charge is 0.342 e. The fraction of sp³-hybridized carbons (Fsp3) is 0.600. The van der Waals surface area contributed by atoms with E-state index in [9.17, 15) is 9.59 Å². The Balaban J connectivity index is 1.73. The van der Waals surface area contributed by atoms with Gasteiger partial charge in [-0.3, -0.25) is 9.59 Å². The maximum absolute atomic E-state index is 12.9. The third-order valence-corrected chi connectivity index (χ3v) is 5.32. The number of amides is 2. The van der Waals surface area contributed by atoms with E-state index in [0.29, 0.717) is 24.8 Å². The van der Waals surface area contributed by atoms with Gasteiger partial charge in [0.25, 0.3) is 0 Å². The van der Waals surface area contributed by atoms with Crippen LogP contribution in [0.25, 0.3) is 0 Å². The molecule has 130 valence electrons. The monoisotopic (exact) mass is 328 g/mol. The van der Waals surface area contributed by atoms with Gasteiger partial charge >= 0.3 is 0 Å². The number of piperidine rings is 1. The Kier molecular flexibility index (Phi) is 4.93. The SMILES string of the molecule is CCc1ccccc1N1C[C@H](C(=O)N2C[C@H](C)C[C@@H](C)C2)CC1=O. The number of rotatable bonds is 3. The average molecular weight is 328 g/mol. The zero-order chi connectivity index (χ0) is 17.3. The Labute approximate surface area is 144 Å². The van der Waals surface area contributed by atoms with Crippen molar-refractivity contribution in [3.63, 3.8) is 0 Å². The van der Waals surface area contributed by atoms with Crippen LogP contribution in [0, 0.1) is 17.8 Å². The second-order valence-corrected chi connectivity index (χ2v) is 7.58. The van der Waals surface area contributed by atoms with Gasteiger partial charge in [0.2, 0.25) is 11.8 Å². The Morgan fingerprint density at radius 3 is 2.46 bits per heavy atom. The predicted molar refractivity (Wildman–Crippen MR) is 95.8 cm³/mol. The number of anilines is 1. The molecule has 0 aromatic heterocycles. The van der Waals surface area contributed by atoms with Crippen molar-refractivity contribution in [3.8, 4) is 0 Å². The highest BCUT2D eigenvalue weighted by molar-refractivity contribution is 6.00. The molecule has 3 atom stereocenters. The highest BCUT2D eigenvalue weighted by Gasteiger charge is 2.39. The van der Waals surface area contributed by atoms with Gasteiger partial charge in [-0.2, -0.15) is 0 Å². The number of nitrogens with zero attached hydrogens (tertiary/aromatic N) is 2. The summed E-state index contributed by atoms with van der Waals surface area (Å²) in [4.78, 5) is 29.2. The van der Waals surface area contributed by atoms with Crippen LogP contribution in [0.4, 0.5) is 5.69 Å². The van der Waals surface area contributed by atoms with Crippen molar-refractivity contribution in [2.75, 3.05) is 24.5 Å². The lowest BCUT2D eigenvalue weighted by Crippen LogP contribution is -2.45. The predicted octanol–water partition coefficient (Wildman–Crippen LogP) is 3.11. The second-order valence-electron chi connectivity index (χ2n) is 7.58. The number of para-hydroxylation sites is 1. The second kappa shape index (κ2) is 6.96. The summed E-state index contributed by atoms with van der Waals surface area (Å²) in [5.74, 6) is 1.14. The van der Waals surface area contributed by atoms with Crippen LogP contribution in [0.15, 0.2) is 24.3 Å². The molecule has 3 rings (SSSR count). The number of carbonyl (C=O) groups excluding carboxylic acids is 2. The van der Waals surface area contributed by atoms with Crippen LogP contribution in [-0.2, 0) is 16.0 Å². The van der Waals surface area contributed by atoms with Crippen molar-refractivity contribution < 1.29 is 9.59 Å². The third-order valence-electron chi connectivity index (χ3n) is 5.32. The minimum absolute atomic E-state index is 0.0763. The van der Waals surface area contributed by atoms with E-state index >= 15 is 0 Å². The van der Waals surface area contributed by atoms with E-state index in [4.69, 9.17) is 0 Å². The molecule has 0 N–H and O–H groups in total. The van der Waals surface area contributed by atoms with Gasteiger partial charge in [-0.25, -0.2) is 0 Å². The van der Waals surface area contributed by atoms with Crippen LogP contribution in [0.2, 0.25) is 0 Å². The van der Waals surface area contributed by atoms with Crippen molar-refractivity contribution in [2.45, 2.75) is 40.0 Å². The van der Waals surface area contributed by atoms with Gasteiger partial charge in [0.15, 0.2) is 0 Å². The number of hydrogen-bond donors (Lipinski definition) is 0. The Morgan fingerprint density at radius 2 is 1.79 bits per heavy atom. The summed E-state index contributed by atoms with van der Waals surface area (Å²) in [7, 11) is 0. The first-order valence-corrected chi connectivity index (χ1v) is 9.16. The molecule has 1 aromatic carbocycles. The Bertz CT molecular complexity index is 618. The van der Waals surface area contributed by atoms with Crippen LogP contribution in [-0.4, -0.2) is 36.3 Å². The summed E-state index contributed by atoms with van der Waals surface area (Å²) in [5.41, 5.74) is 2.14. The zero-order valence-corrected chi connectivity index (χ0v) is 15.0.